The van der Waals surface area contributed by atoms with E-state index in [9.17, 15) is 8.42 Å². The first-order chi connectivity index (χ1) is 14.9. The summed E-state index contributed by atoms with van der Waals surface area (Å²) in [6.07, 6.45) is 6.47. The van der Waals surface area contributed by atoms with Crippen LogP contribution in [0.1, 0.15) is 44.6 Å². The second-order valence-corrected chi connectivity index (χ2v) is 11.8. The van der Waals surface area contributed by atoms with Crippen LogP contribution in [0.5, 0.6) is 0 Å². The Kier molecular flexibility index (Phi) is 6.85. The standard InChI is InChI=1S/C26H36N2O2S/c1-26(24-12-5-3-6-13-24,17-19-28-18-16-22-10-9-11-23(22)20-28)21-27(2)31(29,30)25-14-7-4-8-15-25/h3-8,12-15,22-23H,9-11,16-21H2,1-2H3/t22-,23+,26+/m0/s1. The van der Waals surface area contributed by atoms with E-state index in [1.807, 2.05) is 12.1 Å². The van der Waals surface area contributed by atoms with Gasteiger partial charge in [-0.2, -0.15) is 0 Å². The quantitative estimate of drug-likeness (QED) is 0.593. The first kappa shape index (κ1) is 22.5. The Bertz CT molecular complexity index is 948. The lowest BCUT2D eigenvalue weighted by Gasteiger charge is -2.39. The highest BCUT2D eigenvalue weighted by atomic mass is 32.2. The van der Waals surface area contributed by atoms with Gasteiger partial charge in [0.15, 0.2) is 0 Å². The number of likely N-dealkylation sites (N-methyl/N-ethyl adjacent to an activating group) is 1. The van der Waals surface area contributed by atoms with Crippen LogP contribution in [0.15, 0.2) is 65.6 Å². The third-order valence-electron chi connectivity index (χ3n) is 7.60. The van der Waals surface area contributed by atoms with Crippen LogP contribution in [0.4, 0.5) is 0 Å². The Labute approximate surface area is 188 Å². The van der Waals surface area contributed by atoms with Crippen LogP contribution >= 0.6 is 0 Å². The largest absolute Gasteiger partial charge is 0.303 e. The summed E-state index contributed by atoms with van der Waals surface area (Å²) in [4.78, 5) is 2.98. The fourth-order valence-electron chi connectivity index (χ4n) is 5.62. The molecule has 0 amide bonds. The average molecular weight is 441 g/mol. The van der Waals surface area contributed by atoms with Crippen LogP contribution in [-0.4, -0.2) is 50.8 Å². The Balaban J connectivity index is 1.50. The number of fused-ring (bicyclic) bond motifs is 1. The lowest BCUT2D eigenvalue weighted by molar-refractivity contribution is 0.127. The summed E-state index contributed by atoms with van der Waals surface area (Å²) in [6.45, 7) is 6.11. The van der Waals surface area contributed by atoms with E-state index in [-0.39, 0.29) is 5.41 Å². The van der Waals surface area contributed by atoms with Crippen LogP contribution in [-0.2, 0) is 15.4 Å². The van der Waals surface area contributed by atoms with E-state index < -0.39 is 10.0 Å². The van der Waals surface area contributed by atoms with Gasteiger partial charge in [-0.05, 0) is 61.9 Å². The van der Waals surface area contributed by atoms with Gasteiger partial charge < -0.3 is 4.90 Å². The molecule has 2 aliphatic rings. The van der Waals surface area contributed by atoms with Gasteiger partial charge in [-0.1, -0.05) is 68.3 Å². The van der Waals surface area contributed by atoms with Crippen molar-refractivity contribution in [2.45, 2.75) is 49.3 Å². The summed E-state index contributed by atoms with van der Waals surface area (Å²) in [5, 5.41) is 0. The molecule has 31 heavy (non-hydrogen) atoms. The van der Waals surface area contributed by atoms with Crippen molar-refractivity contribution in [1.82, 2.24) is 9.21 Å². The van der Waals surface area contributed by atoms with Crippen LogP contribution < -0.4 is 0 Å². The highest BCUT2D eigenvalue weighted by Gasteiger charge is 2.36. The smallest absolute Gasteiger partial charge is 0.242 e. The van der Waals surface area contributed by atoms with Crippen molar-refractivity contribution < 1.29 is 8.42 Å². The van der Waals surface area contributed by atoms with Gasteiger partial charge in [-0.25, -0.2) is 12.7 Å². The van der Waals surface area contributed by atoms with Crippen LogP contribution in [0.25, 0.3) is 0 Å². The molecule has 4 nitrogen and oxygen atoms in total. The van der Waals surface area contributed by atoms with Crippen molar-refractivity contribution in [2.24, 2.45) is 11.8 Å². The molecule has 0 N–H and O–H groups in total. The molecule has 0 bridgehead atoms. The van der Waals surface area contributed by atoms with Gasteiger partial charge in [0.25, 0.3) is 0 Å². The zero-order chi connectivity index (χ0) is 21.9. The first-order valence-electron chi connectivity index (χ1n) is 11.7. The monoisotopic (exact) mass is 440 g/mol. The number of nitrogens with zero attached hydrogens (tertiary/aromatic N) is 2. The predicted molar refractivity (Wildman–Crippen MR) is 127 cm³/mol. The van der Waals surface area contributed by atoms with Crippen molar-refractivity contribution in [1.29, 1.82) is 0 Å². The van der Waals surface area contributed by atoms with Crippen LogP contribution in [0.2, 0.25) is 0 Å². The molecule has 2 aromatic rings. The van der Waals surface area contributed by atoms with Gasteiger partial charge in [0.05, 0.1) is 4.90 Å². The molecule has 1 aliphatic heterocycles. The topological polar surface area (TPSA) is 40.6 Å². The molecule has 3 atom stereocenters. The second-order valence-electron chi connectivity index (χ2n) is 9.79. The first-order valence-corrected chi connectivity index (χ1v) is 13.1. The maximum atomic E-state index is 13.2. The maximum Gasteiger partial charge on any atom is 0.242 e. The average Bonchev–Trinajstić information content (AvgIpc) is 3.27. The molecular formula is C26H36N2O2S. The van der Waals surface area contributed by atoms with E-state index >= 15 is 0 Å². The summed E-state index contributed by atoms with van der Waals surface area (Å²) in [6, 6.07) is 19.2. The summed E-state index contributed by atoms with van der Waals surface area (Å²) in [5.74, 6) is 1.82. The highest BCUT2D eigenvalue weighted by Crippen LogP contribution is 2.38. The Hall–Kier alpha value is -1.69. The van der Waals surface area contributed by atoms with Gasteiger partial charge in [0.1, 0.15) is 0 Å². The Morgan fingerprint density at radius 1 is 0.968 bits per heavy atom. The van der Waals surface area contributed by atoms with Gasteiger partial charge >= 0.3 is 0 Å². The summed E-state index contributed by atoms with van der Waals surface area (Å²) in [7, 11) is -1.80. The molecular weight excluding hydrogens is 404 g/mol. The van der Waals surface area contributed by atoms with E-state index in [0.29, 0.717) is 11.4 Å². The number of benzene rings is 2. The molecule has 2 fully saturated rings. The maximum absolute atomic E-state index is 13.2. The molecule has 0 radical (unpaired) electrons. The zero-order valence-corrected chi connectivity index (χ0v) is 19.7. The molecule has 1 saturated heterocycles. The normalized spacial score (nSPS) is 24.1. The van der Waals surface area contributed by atoms with E-state index in [1.165, 1.54) is 44.3 Å². The lowest BCUT2D eigenvalue weighted by atomic mass is 9.78. The van der Waals surface area contributed by atoms with E-state index in [0.717, 1.165) is 24.8 Å². The molecule has 1 saturated carbocycles. The van der Waals surface area contributed by atoms with Gasteiger partial charge in [-0.15, -0.1) is 0 Å². The Morgan fingerprint density at radius 3 is 2.32 bits per heavy atom. The number of hydrogen-bond acceptors (Lipinski definition) is 3. The summed E-state index contributed by atoms with van der Waals surface area (Å²) < 4.78 is 27.9. The van der Waals surface area contributed by atoms with E-state index in [1.54, 1.807) is 35.6 Å². The number of likely N-dealkylation sites (tertiary alicyclic amines) is 1. The molecule has 0 spiro atoms. The molecule has 168 valence electrons. The second kappa shape index (κ2) is 9.43. The number of hydrogen-bond donors (Lipinski definition) is 0. The SMILES string of the molecule is CN(C[C@@](C)(CCN1CC[C@@H]2CCC[C@@H]2C1)c1ccccc1)S(=O)(=O)c1ccccc1. The zero-order valence-electron chi connectivity index (χ0n) is 18.9. The van der Waals surface area contributed by atoms with Crippen molar-refractivity contribution in [3.8, 4) is 0 Å². The third kappa shape index (κ3) is 5.05. The van der Waals surface area contributed by atoms with Crippen molar-refractivity contribution in [2.75, 3.05) is 33.2 Å². The minimum Gasteiger partial charge on any atom is -0.303 e. The van der Waals surface area contributed by atoms with Crippen molar-refractivity contribution in [3.05, 3.63) is 66.2 Å². The molecule has 0 aromatic heterocycles. The summed E-state index contributed by atoms with van der Waals surface area (Å²) in [5.41, 5.74) is 0.963. The third-order valence-corrected chi connectivity index (χ3v) is 9.42. The lowest BCUT2D eigenvalue weighted by Crippen LogP contribution is -2.44. The summed E-state index contributed by atoms with van der Waals surface area (Å²) >= 11 is 0. The minimum absolute atomic E-state index is 0.246. The molecule has 1 aliphatic carbocycles. The van der Waals surface area contributed by atoms with Gasteiger partial charge in [0.2, 0.25) is 10.0 Å². The van der Waals surface area contributed by atoms with Crippen LogP contribution in [0.3, 0.4) is 0 Å². The molecule has 5 heteroatoms. The molecule has 0 unspecified atom stereocenters. The fraction of sp³-hybridized carbons (Fsp3) is 0.538. The van der Waals surface area contributed by atoms with E-state index in [4.69, 9.17) is 0 Å². The number of rotatable bonds is 8. The molecule has 2 aromatic carbocycles. The van der Waals surface area contributed by atoms with Crippen LogP contribution in [0, 0.1) is 11.8 Å². The molecule has 1 heterocycles. The predicted octanol–water partition coefficient (Wildman–Crippen LogP) is 4.78. The Morgan fingerprint density at radius 2 is 1.61 bits per heavy atom. The van der Waals surface area contributed by atoms with Gasteiger partial charge in [0, 0.05) is 25.6 Å². The van der Waals surface area contributed by atoms with E-state index in [2.05, 4.69) is 36.1 Å². The highest BCUT2D eigenvalue weighted by molar-refractivity contribution is 7.89. The number of piperidine rings is 1. The fourth-order valence-corrected chi connectivity index (χ4v) is 6.93. The number of sulfonamides is 1. The van der Waals surface area contributed by atoms with Gasteiger partial charge in [-0.3, -0.25) is 0 Å². The minimum atomic E-state index is -3.52. The van der Waals surface area contributed by atoms with Crippen molar-refractivity contribution in [3.63, 3.8) is 0 Å². The molecule has 4 rings (SSSR count). The van der Waals surface area contributed by atoms with Crippen molar-refractivity contribution >= 4 is 10.0 Å².